The number of carboxylic acids is 2. The first-order chi connectivity index (χ1) is 13.5. The maximum Gasteiger partial charge on any atom is 0.326 e. The molecular weight excluding hydrogens is 384 g/mol. The topological polar surface area (TPSA) is 179 Å². The molecule has 0 spiro atoms. The highest BCUT2D eigenvalue weighted by Crippen LogP contribution is 2.19. The summed E-state index contributed by atoms with van der Waals surface area (Å²) in [5.41, 5.74) is 5.61. The predicted molar refractivity (Wildman–Crippen MR) is 102 cm³/mol. The third kappa shape index (κ3) is 6.70. The Morgan fingerprint density at radius 3 is 2.28 bits per heavy atom. The van der Waals surface area contributed by atoms with Gasteiger partial charge in [-0.3, -0.25) is 19.2 Å². The Labute approximate surface area is 169 Å². The van der Waals surface area contributed by atoms with Crippen molar-refractivity contribution in [1.82, 2.24) is 15.5 Å². The number of carbonyl (C=O) groups excluding carboxylic acids is 3. The Kier molecular flexibility index (Phi) is 9.02. The second-order valence-electron chi connectivity index (χ2n) is 7.33. The van der Waals surface area contributed by atoms with Crippen molar-refractivity contribution in [3.05, 3.63) is 0 Å². The zero-order valence-electron chi connectivity index (χ0n) is 16.9. The molecule has 1 saturated heterocycles. The summed E-state index contributed by atoms with van der Waals surface area (Å²) >= 11 is 0. The summed E-state index contributed by atoms with van der Waals surface area (Å²) in [6.07, 6.45) is 0.901. The lowest BCUT2D eigenvalue weighted by Gasteiger charge is -2.28. The summed E-state index contributed by atoms with van der Waals surface area (Å²) in [6, 6.07) is -4.21. The number of nitrogens with two attached hydrogens (primary N) is 1. The van der Waals surface area contributed by atoms with Gasteiger partial charge >= 0.3 is 11.9 Å². The number of nitrogens with zero attached hydrogens (tertiary/aromatic N) is 1. The minimum atomic E-state index is -1.26. The third-order valence-electron chi connectivity index (χ3n) is 5.08. The second-order valence-corrected chi connectivity index (χ2v) is 7.33. The molecule has 1 aliphatic heterocycles. The van der Waals surface area contributed by atoms with Gasteiger partial charge in [0.1, 0.15) is 18.1 Å². The summed E-state index contributed by atoms with van der Waals surface area (Å²) in [5.74, 6) is -4.53. The van der Waals surface area contributed by atoms with Gasteiger partial charge < -0.3 is 31.5 Å². The number of hydrogen-bond donors (Lipinski definition) is 5. The SMILES string of the molecule is CCC(C)C(NC(=O)C(C)NC(=O)C1CCCN1C(=O)C(N)CC(=O)O)C(=O)O. The number of likely N-dealkylation sites (tertiary alicyclic amines) is 1. The van der Waals surface area contributed by atoms with Crippen molar-refractivity contribution >= 4 is 29.7 Å². The van der Waals surface area contributed by atoms with E-state index in [4.69, 9.17) is 10.8 Å². The van der Waals surface area contributed by atoms with E-state index in [2.05, 4.69) is 10.6 Å². The fourth-order valence-electron chi connectivity index (χ4n) is 3.13. The molecule has 0 saturated carbocycles. The summed E-state index contributed by atoms with van der Waals surface area (Å²) in [7, 11) is 0. The molecule has 5 unspecified atom stereocenters. The van der Waals surface area contributed by atoms with Crippen LogP contribution in [-0.4, -0.2) is 75.5 Å². The summed E-state index contributed by atoms with van der Waals surface area (Å²) in [4.78, 5) is 60.6. The number of aliphatic carboxylic acids is 2. The molecular formula is C18H30N4O7. The lowest BCUT2D eigenvalue weighted by molar-refractivity contribution is -0.144. The fraction of sp³-hybridized carbons (Fsp3) is 0.722. The third-order valence-corrected chi connectivity index (χ3v) is 5.08. The van der Waals surface area contributed by atoms with Crippen molar-refractivity contribution in [2.45, 2.75) is 70.6 Å². The Morgan fingerprint density at radius 1 is 1.14 bits per heavy atom. The number of nitrogens with one attached hydrogen (secondary N) is 2. The predicted octanol–water partition coefficient (Wildman–Crippen LogP) is -1.10. The van der Waals surface area contributed by atoms with E-state index in [0.29, 0.717) is 19.3 Å². The number of carbonyl (C=O) groups is 5. The average Bonchev–Trinajstić information content (AvgIpc) is 3.13. The number of rotatable bonds is 10. The smallest absolute Gasteiger partial charge is 0.326 e. The molecule has 6 N–H and O–H groups in total. The molecule has 0 bridgehead atoms. The number of carboxylic acid groups (broad SMARTS) is 2. The summed E-state index contributed by atoms with van der Waals surface area (Å²) in [6.45, 7) is 5.18. The zero-order valence-corrected chi connectivity index (χ0v) is 16.9. The number of amides is 3. The van der Waals surface area contributed by atoms with Crippen LogP contribution in [0.2, 0.25) is 0 Å². The maximum absolute atomic E-state index is 12.6. The molecule has 5 atom stereocenters. The molecule has 1 rings (SSSR count). The van der Waals surface area contributed by atoms with Crippen molar-refractivity contribution in [3.8, 4) is 0 Å². The lowest BCUT2D eigenvalue weighted by atomic mass is 9.99. The van der Waals surface area contributed by atoms with Crippen LogP contribution in [0.4, 0.5) is 0 Å². The molecule has 164 valence electrons. The monoisotopic (exact) mass is 414 g/mol. The molecule has 11 nitrogen and oxygen atoms in total. The van der Waals surface area contributed by atoms with Crippen molar-refractivity contribution < 1.29 is 34.2 Å². The molecule has 1 aliphatic rings. The fourth-order valence-corrected chi connectivity index (χ4v) is 3.13. The zero-order chi connectivity index (χ0) is 22.3. The van der Waals surface area contributed by atoms with E-state index in [0.717, 1.165) is 0 Å². The van der Waals surface area contributed by atoms with Gasteiger partial charge in [0.05, 0.1) is 12.5 Å². The summed E-state index contributed by atoms with van der Waals surface area (Å²) < 4.78 is 0. The van der Waals surface area contributed by atoms with Gasteiger partial charge in [0.25, 0.3) is 0 Å². The van der Waals surface area contributed by atoms with Crippen LogP contribution in [0.15, 0.2) is 0 Å². The van der Waals surface area contributed by atoms with Gasteiger partial charge in [-0.1, -0.05) is 20.3 Å². The first kappa shape index (κ1) is 24.3. The highest BCUT2D eigenvalue weighted by atomic mass is 16.4. The normalized spacial score (nSPS) is 20.3. The van der Waals surface area contributed by atoms with Crippen LogP contribution in [0, 0.1) is 5.92 Å². The molecule has 1 heterocycles. The lowest BCUT2D eigenvalue weighted by Crippen LogP contribution is -2.56. The standard InChI is InChI=1S/C18H30N4O7/c1-4-9(2)14(18(28)29)21-15(25)10(3)20-16(26)12-6-5-7-22(12)17(27)11(19)8-13(23)24/h9-12,14H,4-8,19H2,1-3H3,(H,20,26)(H,21,25)(H,23,24)(H,28,29). The summed E-state index contributed by atoms with van der Waals surface area (Å²) in [5, 5.41) is 23.0. The molecule has 11 heteroatoms. The molecule has 29 heavy (non-hydrogen) atoms. The van der Waals surface area contributed by atoms with E-state index >= 15 is 0 Å². The molecule has 3 amide bonds. The van der Waals surface area contributed by atoms with Crippen LogP contribution in [0.25, 0.3) is 0 Å². The second kappa shape index (κ2) is 10.7. The van der Waals surface area contributed by atoms with E-state index < -0.39 is 60.2 Å². The Morgan fingerprint density at radius 2 is 1.76 bits per heavy atom. The highest BCUT2D eigenvalue weighted by Gasteiger charge is 2.37. The van der Waals surface area contributed by atoms with Crippen LogP contribution >= 0.6 is 0 Å². The van der Waals surface area contributed by atoms with Crippen LogP contribution in [0.5, 0.6) is 0 Å². The van der Waals surface area contributed by atoms with Gasteiger partial charge in [0.2, 0.25) is 17.7 Å². The first-order valence-electron chi connectivity index (χ1n) is 9.60. The van der Waals surface area contributed by atoms with Gasteiger partial charge in [-0.25, -0.2) is 4.79 Å². The Balaban J connectivity index is 2.73. The van der Waals surface area contributed by atoms with Crippen LogP contribution < -0.4 is 16.4 Å². The molecule has 0 aromatic rings. The van der Waals surface area contributed by atoms with Gasteiger partial charge in [0.15, 0.2) is 0 Å². The average molecular weight is 414 g/mol. The minimum Gasteiger partial charge on any atom is -0.481 e. The van der Waals surface area contributed by atoms with E-state index in [9.17, 15) is 29.1 Å². The van der Waals surface area contributed by atoms with E-state index in [1.54, 1.807) is 13.8 Å². The van der Waals surface area contributed by atoms with E-state index in [1.807, 2.05) is 0 Å². The van der Waals surface area contributed by atoms with Crippen molar-refractivity contribution in [2.75, 3.05) is 6.54 Å². The quantitative estimate of drug-likeness (QED) is 0.299. The number of hydrogen-bond acceptors (Lipinski definition) is 6. The molecule has 0 aromatic heterocycles. The van der Waals surface area contributed by atoms with Gasteiger partial charge in [0, 0.05) is 6.54 Å². The van der Waals surface area contributed by atoms with Crippen molar-refractivity contribution in [3.63, 3.8) is 0 Å². The van der Waals surface area contributed by atoms with Crippen molar-refractivity contribution in [2.24, 2.45) is 11.7 Å². The molecule has 0 aromatic carbocycles. The largest absolute Gasteiger partial charge is 0.481 e. The van der Waals surface area contributed by atoms with Crippen molar-refractivity contribution in [1.29, 1.82) is 0 Å². The highest BCUT2D eigenvalue weighted by molar-refractivity contribution is 5.95. The Hall–Kier alpha value is -2.69. The Bertz CT molecular complexity index is 654. The minimum absolute atomic E-state index is 0.264. The molecule has 0 aliphatic carbocycles. The van der Waals surface area contributed by atoms with E-state index in [1.165, 1.54) is 11.8 Å². The van der Waals surface area contributed by atoms with Crippen LogP contribution in [0.1, 0.15) is 46.5 Å². The maximum atomic E-state index is 12.6. The van der Waals surface area contributed by atoms with Crippen LogP contribution in [-0.2, 0) is 24.0 Å². The van der Waals surface area contributed by atoms with Gasteiger partial charge in [-0.05, 0) is 25.7 Å². The van der Waals surface area contributed by atoms with Crippen LogP contribution in [0.3, 0.4) is 0 Å². The van der Waals surface area contributed by atoms with Gasteiger partial charge in [-0.15, -0.1) is 0 Å². The molecule has 1 fully saturated rings. The molecule has 0 radical (unpaired) electrons. The van der Waals surface area contributed by atoms with Gasteiger partial charge in [-0.2, -0.15) is 0 Å². The van der Waals surface area contributed by atoms with E-state index in [-0.39, 0.29) is 12.5 Å². The first-order valence-corrected chi connectivity index (χ1v) is 9.60.